The topological polar surface area (TPSA) is 59.8 Å². The lowest BCUT2D eigenvalue weighted by molar-refractivity contribution is 0.0486. The Hall–Kier alpha value is -2.44. The van der Waals surface area contributed by atoms with E-state index in [0.717, 1.165) is 22.9 Å². The van der Waals surface area contributed by atoms with Crippen molar-refractivity contribution in [3.05, 3.63) is 80.1 Å². The summed E-state index contributed by atoms with van der Waals surface area (Å²) in [5, 5.41) is 0.495. The first-order chi connectivity index (χ1) is 13.6. The van der Waals surface area contributed by atoms with Crippen LogP contribution in [0.3, 0.4) is 0 Å². The van der Waals surface area contributed by atoms with Gasteiger partial charge in [-0.2, -0.15) is 0 Å². The maximum Gasteiger partial charge on any atom is 0.291 e. The largest absolute Gasteiger partial charge is 0.450 e. The molecule has 0 N–H and O–H groups in total. The molecular weight excluding hydrogens is 422 g/mol. The van der Waals surface area contributed by atoms with Gasteiger partial charge in [0.1, 0.15) is 5.58 Å². The number of ether oxygens (including phenoxy) is 1. The van der Waals surface area contributed by atoms with Crippen molar-refractivity contribution in [1.29, 1.82) is 0 Å². The van der Waals surface area contributed by atoms with Crippen LogP contribution in [0.4, 0.5) is 0 Å². The van der Waals surface area contributed by atoms with Gasteiger partial charge in [-0.05, 0) is 42.7 Å². The van der Waals surface area contributed by atoms with Crippen molar-refractivity contribution in [2.45, 2.75) is 25.0 Å². The van der Waals surface area contributed by atoms with E-state index in [0.29, 0.717) is 29.7 Å². The van der Waals surface area contributed by atoms with Crippen LogP contribution < -0.4 is 5.43 Å². The van der Waals surface area contributed by atoms with Gasteiger partial charge in [0.2, 0.25) is 5.76 Å². The average Bonchev–Trinajstić information content (AvgIpc) is 3.31. The number of rotatable bonds is 3. The first-order valence-electron chi connectivity index (χ1n) is 9.37. The van der Waals surface area contributed by atoms with E-state index < -0.39 is 6.04 Å². The van der Waals surface area contributed by atoms with E-state index in [4.69, 9.17) is 9.15 Å². The fraction of sp³-hybridized carbons (Fsp3) is 0.273. The van der Waals surface area contributed by atoms with Crippen LogP contribution in [0.2, 0.25) is 0 Å². The van der Waals surface area contributed by atoms with Crippen molar-refractivity contribution in [2.24, 2.45) is 0 Å². The molecule has 1 fully saturated rings. The molecule has 0 bridgehead atoms. The van der Waals surface area contributed by atoms with Gasteiger partial charge in [0.05, 0.1) is 23.1 Å². The third-order valence-electron chi connectivity index (χ3n) is 5.48. The van der Waals surface area contributed by atoms with Gasteiger partial charge in [-0.15, -0.1) is 0 Å². The molecular formula is C22H18BrNO4. The maximum absolute atomic E-state index is 13.3. The summed E-state index contributed by atoms with van der Waals surface area (Å²) in [6.07, 6.45) is 1.89. The van der Waals surface area contributed by atoms with Crippen LogP contribution in [0.25, 0.3) is 11.0 Å². The zero-order valence-electron chi connectivity index (χ0n) is 15.1. The molecule has 2 aliphatic rings. The second kappa shape index (κ2) is 6.87. The summed E-state index contributed by atoms with van der Waals surface area (Å²) in [6.45, 7) is 1.16. The third kappa shape index (κ3) is 2.79. The molecule has 0 spiro atoms. The second-order valence-electron chi connectivity index (χ2n) is 7.22. The van der Waals surface area contributed by atoms with E-state index in [9.17, 15) is 9.59 Å². The van der Waals surface area contributed by atoms with Crippen LogP contribution in [-0.4, -0.2) is 30.1 Å². The highest BCUT2D eigenvalue weighted by Gasteiger charge is 2.43. The Bertz CT molecular complexity index is 1120. The Morgan fingerprint density at radius 3 is 2.61 bits per heavy atom. The van der Waals surface area contributed by atoms with Crippen LogP contribution in [0.15, 0.2) is 62.2 Å². The minimum Gasteiger partial charge on any atom is -0.450 e. The van der Waals surface area contributed by atoms with Crippen LogP contribution in [0.5, 0.6) is 0 Å². The van der Waals surface area contributed by atoms with E-state index >= 15 is 0 Å². The number of hydrogen-bond donors (Lipinski definition) is 0. The monoisotopic (exact) mass is 439 g/mol. The number of amides is 1. The van der Waals surface area contributed by atoms with Gasteiger partial charge >= 0.3 is 0 Å². The van der Waals surface area contributed by atoms with Crippen LogP contribution in [0, 0.1) is 0 Å². The van der Waals surface area contributed by atoms with Crippen LogP contribution in [0.1, 0.15) is 40.6 Å². The molecule has 2 aliphatic heterocycles. The van der Waals surface area contributed by atoms with Gasteiger partial charge in [0.15, 0.2) is 5.43 Å². The minimum atomic E-state index is -0.472. The summed E-state index contributed by atoms with van der Waals surface area (Å²) < 4.78 is 12.6. The van der Waals surface area contributed by atoms with E-state index in [1.165, 1.54) is 0 Å². The van der Waals surface area contributed by atoms with Crippen molar-refractivity contribution < 1.29 is 13.9 Å². The van der Waals surface area contributed by atoms with Crippen LogP contribution in [-0.2, 0) is 4.74 Å². The molecule has 0 aliphatic carbocycles. The van der Waals surface area contributed by atoms with Crippen molar-refractivity contribution in [3.8, 4) is 0 Å². The van der Waals surface area contributed by atoms with Crippen molar-refractivity contribution >= 4 is 32.8 Å². The van der Waals surface area contributed by atoms with E-state index in [1.54, 1.807) is 29.2 Å². The lowest BCUT2D eigenvalue weighted by Gasteiger charge is -2.27. The molecule has 3 aromatic rings. The molecule has 2 unspecified atom stereocenters. The van der Waals surface area contributed by atoms with E-state index in [2.05, 4.69) is 15.9 Å². The van der Waals surface area contributed by atoms with E-state index in [1.807, 2.05) is 24.3 Å². The Balaban J connectivity index is 1.70. The molecule has 0 radical (unpaired) electrons. The maximum atomic E-state index is 13.3. The summed E-state index contributed by atoms with van der Waals surface area (Å²) in [4.78, 5) is 28.3. The number of carbonyl (C=O) groups is 1. The van der Waals surface area contributed by atoms with Crippen molar-refractivity contribution in [3.63, 3.8) is 0 Å². The predicted molar refractivity (Wildman–Crippen MR) is 108 cm³/mol. The summed E-state index contributed by atoms with van der Waals surface area (Å²) in [5.74, 6) is -0.101. The Morgan fingerprint density at radius 2 is 1.86 bits per heavy atom. The summed E-state index contributed by atoms with van der Waals surface area (Å²) in [5.41, 5.74) is 1.60. The van der Waals surface area contributed by atoms with Gasteiger partial charge in [-0.25, -0.2) is 0 Å². The van der Waals surface area contributed by atoms with Gasteiger partial charge in [-0.3, -0.25) is 9.59 Å². The molecule has 28 heavy (non-hydrogen) atoms. The quantitative estimate of drug-likeness (QED) is 0.610. The van der Waals surface area contributed by atoms with Gasteiger partial charge < -0.3 is 14.1 Å². The molecule has 3 heterocycles. The minimum absolute atomic E-state index is 0.0132. The number of halogens is 1. The summed E-state index contributed by atoms with van der Waals surface area (Å²) in [7, 11) is 0. The molecule has 5 nitrogen and oxygen atoms in total. The molecule has 1 saturated heterocycles. The van der Waals surface area contributed by atoms with E-state index in [-0.39, 0.29) is 23.2 Å². The molecule has 1 aromatic heterocycles. The molecule has 142 valence electrons. The highest BCUT2D eigenvalue weighted by Crippen LogP contribution is 2.39. The van der Waals surface area contributed by atoms with Crippen molar-refractivity contribution in [2.75, 3.05) is 13.2 Å². The fourth-order valence-corrected chi connectivity index (χ4v) is 4.42. The SMILES string of the molecule is O=C1c2oc3ccccc3c(=O)c2C(c2ccc(Br)cc2)N1CC1CCCO1. The smallest absolute Gasteiger partial charge is 0.291 e. The molecule has 1 amide bonds. The van der Waals surface area contributed by atoms with Gasteiger partial charge in [-0.1, -0.05) is 40.2 Å². The number of hydrogen-bond acceptors (Lipinski definition) is 4. The highest BCUT2D eigenvalue weighted by molar-refractivity contribution is 9.10. The number of benzene rings is 2. The molecule has 0 saturated carbocycles. The zero-order valence-corrected chi connectivity index (χ0v) is 16.6. The van der Waals surface area contributed by atoms with Crippen LogP contribution >= 0.6 is 15.9 Å². The van der Waals surface area contributed by atoms with Gasteiger partial charge in [0.25, 0.3) is 5.91 Å². The fourth-order valence-electron chi connectivity index (χ4n) is 4.15. The summed E-state index contributed by atoms with van der Waals surface area (Å²) in [6, 6.07) is 14.3. The Kier molecular flexibility index (Phi) is 4.33. The van der Waals surface area contributed by atoms with Crippen molar-refractivity contribution in [1.82, 2.24) is 4.90 Å². The third-order valence-corrected chi connectivity index (χ3v) is 6.01. The summed E-state index contributed by atoms with van der Waals surface area (Å²) >= 11 is 3.45. The second-order valence-corrected chi connectivity index (χ2v) is 8.13. The lowest BCUT2D eigenvalue weighted by atomic mass is 9.98. The Labute approximate surface area is 170 Å². The normalized spacial score (nSPS) is 21.5. The number of para-hydroxylation sites is 1. The zero-order chi connectivity index (χ0) is 19.3. The standard InChI is InChI=1S/C22H18BrNO4/c23-14-9-7-13(8-10-14)19-18-20(25)16-5-1-2-6-17(16)28-21(18)22(26)24(19)12-15-4-3-11-27-15/h1-2,5-10,15,19H,3-4,11-12H2. The number of carbonyl (C=O) groups excluding carboxylic acids is 1. The number of nitrogens with zero attached hydrogens (tertiary/aromatic N) is 1. The Morgan fingerprint density at radius 1 is 1.07 bits per heavy atom. The molecule has 2 atom stereocenters. The molecule has 5 rings (SSSR count). The predicted octanol–water partition coefficient (Wildman–Crippen LogP) is 4.28. The molecule has 2 aromatic carbocycles. The molecule has 6 heteroatoms. The average molecular weight is 440 g/mol. The first kappa shape index (κ1) is 17.6. The first-order valence-corrected chi connectivity index (χ1v) is 10.2. The lowest BCUT2D eigenvalue weighted by Crippen LogP contribution is -2.36. The van der Waals surface area contributed by atoms with Gasteiger partial charge in [0, 0.05) is 17.6 Å². The number of fused-ring (bicyclic) bond motifs is 2. The highest BCUT2D eigenvalue weighted by atomic mass is 79.9.